The molecule has 0 radical (unpaired) electrons. The molecule has 0 saturated carbocycles. The van der Waals surface area contributed by atoms with Crippen LogP contribution < -0.4 is 0 Å². The van der Waals surface area contributed by atoms with E-state index in [2.05, 4.69) is 19.9 Å². The Morgan fingerprint density at radius 3 is 2.06 bits per heavy atom. The summed E-state index contributed by atoms with van der Waals surface area (Å²) in [5.74, 6) is 0.603. The Morgan fingerprint density at radius 2 is 1.69 bits per heavy atom. The molecular weight excluding hydrogens is 220 g/mol. The van der Waals surface area contributed by atoms with Crippen LogP contribution >= 0.6 is 0 Å². The van der Waals surface area contributed by atoms with Gasteiger partial charge in [-0.1, -0.05) is 45.4 Å². The third kappa shape index (κ3) is 2.46. The maximum Gasteiger partial charge on any atom is 0.218 e. The third-order valence-electron chi connectivity index (χ3n) is 3.05. The van der Waals surface area contributed by atoms with Gasteiger partial charge in [-0.2, -0.15) is 8.42 Å². The highest BCUT2D eigenvalue weighted by molar-refractivity contribution is 7.73. The Hall–Kier alpha value is -0.830. The van der Waals surface area contributed by atoms with Crippen molar-refractivity contribution in [1.29, 1.82) is 0 Å². The van der Waals surface area contributed by atoms with Crippen LogP contribution in [0.2, 0.25) is 0 Å². The van der Waals surface area contributed by atoms with E-state index < -0.39 is 10.3 Å². The minimum atomic E-state index is -2.12. The van der Waals surface area contributed by atoms with Gasteiger partial charge in [0.25, 0.3) is 0 Å². The van der Waals surface area contributed by atoms with Crippen LogP contribution in [0.15, 0.2) is 23.3 Å². The molecule has 0 heterocycles. The first-order valence-corrected chi connectivity index (χ1v) is 6.78. The Bertz CT molecular complexity index is 454. The van der Waals surface area contributed by atoms with E-state index in [4.69, 9.17) is 0 Å². The molecule has 90 valence electrons. The lowest BCUT2D eigenvalue weighted by molar-refractivity contribution is 0.548. The fourth-order valence-corrected chi connectivity index (χ4v) is 3.46. The Morgan fingerprint density at radius 1 is 1.12 bits per heavy atom. The molecule has 0 aromatic heterocycles. The molecule has 0 aliphatic heterocycles. The zero-order valence-electron chi connectivity index (χ0n) is 10.6. The fourth-order valence-electron chi connectivity index (χ4n) is 2.30. The highest BCUT2D eigenvalue weighted by Gasteiger charge is 2.29. The molecule has 0 fully saturated rings. The van der Waals surface area contributed by atoms with Gasteiger partial charge in [0, 0.05) is 5.92 Å². The van der Waals surface area contributed by atoms with E-state index in [9.17, 15) is 8.42 Å². The predicted octanol–water partition coefficient (Wildman–Crippen LogP) is 2.85. The minimum Gasteiger partial charge on any atom is -0.184 e. The van der Waals surface area contributed by atoms with Gasteiger partial charge in [0.15, 0.2) is 0 Å². The van der Waals surface area contributed by atoms with Gasteiger partial charge in [0.1, 0.15) is 0 Å². The Kier molecular flexibility index (Phi) is 4.14. The van der Waals surface area contributed by atoms with Crippen molar-refractivity contribution >= 4 is 15.2 Å². The molecule has 1 atom stereocenters. The van der Waals surface area contributed by atoms with Gasteiger partial charge in [-0.25, -0.2) is 0 Å². The third-order valence-corrected chi connectivity index (χ3v) is 3.90. The lowest BCUT2D eigenvalue weighted by Crippen LogP contribution is -2.28. The second kappa shape index (κ2) is 5.00. The average Bonchev–Trinajstić information content (AvgIpc) is 2.15. The van der Waals surface area contributed by atoms with Crippen LogP contribution in [0.4, 0.5) is 0 Å². The molecule has 0 saturated heterocycles. The largest absolute Gasteiger partial charge is 0.218 e. The summed E-state index contributed by atoms with van der Waals surface area (Å²) in [5.41, 5.74) is 2.09. The molecule has 0 bridgehead atoms. The van der Waals surface area contributed by atoms with Crippen molar-refractivity contribution in [2.75, 3.05) is 0 Å². The van der Waals surface area contributed by atoms with Gasteiger partial charge in [0.05, 0.1) is 4.86 Å². The number of rotatable bonds is 2. The maximum absolute atomic E-state index is 11.4. The second-order valence-electron chi connectivity index (χ2n) is 5.01. The van der Waals surface area contributed by atoms with E-state index in [-0.39, 0.29) is 11.8 Å². The van der Waals surface area contributed by atoms with Crippen LogP contribution in [0, 0.1) is 17.8 Å². The van der Waals surface area contributed by atoms with Crippen molar-refractivity contribution in [3.8, 4) is 0 Å². The van der Waals surface area contributed by atoms with Crippen LogP contribution in [-0.4, -0.2) is 13.3 Å². The van der Waals surface area contributed by atoms with Crippen molar-refractivity contribution in [2.24, 2.45) is 17.8 Å². The molecule has 2 nitrogen and oxygen atoms in total. The summed E-state index contributed by atoms with van der Waals surface area (Å²) >= 11 is 0. The van der Waals surface area contributed by atoms with Crippen molar-refractivity contribution in [3.05, 3.63) is 23.3 Å². The molecule has 1 aliphatic carbocycles. The summed E-state index contributed by atoms with van der Waals surface area (Å²) in [7, 11) is -2.12. The van der Waals surface area contributed by atoms with Gasteiger partial charge in [-0.05, 0) is 24.3 Å². The number of allylic oxidation sites excluding steroid dienone is 4. The molecular formula is C13H20O2S. The minimum absolute atomic E-state index is 0.0423. The quantitative estimate of drug-likeness (QED) is 0.696. The van der Waals surface area contributed by atoms with Gasteiger partial charge in [0.2, 0.25) is 10.3 Å². The molecule has 0 N–H and O–H groups in total. The van der Waals surface area contributed by atoms with Crippen molar-refractivity contribution in [1.82, 2.24) is 0 Å². The first-order valence-electron chi connectivity index (χ1n) is 5.71. The number of hydrogen-bond donors (Lipinski definition) is 0. The van der Waals surface area contributed by atoms with Crippen molar-refractivity contribution < 1.29 is 8.42 Å². The predicted molar refractivity (Wildman–Crippen MR) is 68.9 cm³/mol. The maximum atomic E-state index is 11.4. The van der Waals surface area contributed by atoms with Crippen LogP contribution in [-0.2, 0) is 10.3 Å². The molecule has 0 aromatic rings. The normalized spacial score (nSPS) is 21.2. The summed E-state index contributed by atoms with van der Waals surface area (Å²) in [6, 6.07) is 0. The standard InChI is InChI=1S/C13H20O2S/c1-8(2)11-7-6-10(5)12(9(3)4)13(11)16(14)15/h6-9,12H,1-5H3. The van der Waals surface area contributed by atoms with E-state index in [1.54, 1.807) is 0 Å². The topological polar surface area (TPSA) is 34.1 Å². The monoisotopic (exact) mass is 240 g/mol. The Labute approximate surface area is 99.6 Å². The van der Waals surface area contributed by atoms with Crippen LogP contribution in [0.1, 0.15) is 34.6 Å². The lowest BCUT2D eigenvalue weighted by Gasteiger charge is -2.28. The molecule has 16 heavy (non-hydrogen) atoms. The lowest BCUT2D eigenvalue weighted by atomic mass is 9.78. The average molecular weight is 240 g/mol. The van der Waals surface area contributed by atoms with Crippen LogP contribution in [0.5, 0.6) is 0 Å². The molecule has 1 rings (SSSR count). The highest BCUT2D eigenvalue weighted by atomic mass is 32.2. The summed E-state index contributed by atoms with van der Waals surface area (Å²) in [6.07, 6.45) is 4.00. The molecule has 1 unspecified atom stereocenters. The van der Waals surface area contributed by atoms with Crippen LogP contribution in [0.25, 0.3) is 0 Å². The van der Waals surface area contributed by atoms with Gasteiger partial charge in [-0.3, -0.25) is 0 Å². The van der Waals surface area contributed by atoms with Gasteiger partial charge in [-0.15, -0.1) is 0 Å². The fraction of sp³-hybridized carbons (Fsp3) is 0.615. The number of hydrogen-bond acceptors (Lipinski definition) is 2. The SMILES string of the molecule is CC1=CC=C(C(C)C)C(=S(=O)=O)C1C(C)C. The smallest absolute Gasteiger partial charge is 0.184 e. The van der Waals surface area contributed by atoms with Crippen LogP contribution in [0.3, 0.4) is 0 Å². The summed E-state index contributed by atoms with van der Waals surface area (Å²) in [6.45, 7) is 10.2. The van der Waals surface area contributed by atoms with E-state index in [1.165, 1.54) is 0 Å². The van der Waals surface area contributed by atoms with E-state index in [0.29, 0.717) is 10.8 Å². The zero-order chi connectivity index (χ0) is 12.5. The van der Waals surface area contributed by atoms with E-state index in [1.807, 2.05) is 26.8 Å². The Balaban J connectivity index is 3.42. The molecule has 0 aromatic carbocycles. The summed E-state index contributed by atoms with van der Waals surface area (Å²) < 4.78 is 22.8. The molecule has 0 amide bonds. The summed E-state index contributed by atoms with van der Waals surface area (Å²) in [5, 5.41) is 0. The van der Waals surface area contributed by atoms with Gasteiger partial charge >= 0.3 is 0 Å². The molecule has 0 spiro atoms. The zero-order valence-corrected chi connectivity index (χ0v) is 11.4. The van der Waals surface area contributed by atoms with Crippen molar-refractivity contribution in [2.45, 2.75) is 34.6 Å². The first-order chi connectivity index (χ1) is 7.36. The van der Waals surface area contributed by atoms with Crippen molar-refractivity contribution in [3.63, 3.8) is 0 Å². The molecule has 3 heteroatoms. The summed E-state index contributed by atoms with van der Waals surface area (Å²) in [4.78, 5) is 0.588. The van der Waals surface area contributed by atoms with E-state index in [0.717, 1.165) is 11.1 Å². The first kappa shape index (κ1) is 13.2. The van der Waals surface area contributed by atoms with Gasteiger partial charge < -0.3 is 0 Å². The highest BCUT2D eigenvalue weighted by Crippen LogP contribution is 2.31. The van der Waals surface area contributed by atoms with E-state index >= 15 is 0 Å². The second-order valence-corrected chi connectivity index (χ2v) is 5.92. The molecule has 1 aliphatic rings.